The van der Waals surface area contributed by atoms with Gasteiger partial charge in [0.05, 0.1) is 33.8 Å². The summed E-state index contributed by atoms with van der Waals surface area (Å²) in [6, 6.07) is 134. The van der Waals surface area contributed by atoms with Crippen molar-refractivity contribution in [2.24, 2.45) is 0 Å². The maximum Gasteiger partial charge on any atom is 0.0619 e. The number of benzene rings is 16. The molecule has 18 rings (SSSR count). The molecule has 0 spiro atoms. The van der Waals surface area contributed by atoms with Crippen molar-refractivity contribution in [3.8, 4) is 56.1 Å². The van der Waals surface area contributed by atoms with Crippen molar-refractivity contribution in [2.75, 3.05) is 9.80 Å². The van der Waals surface area contributed by atoms with Crippen LogP contribution in [0.15, 0.2) is 364 Å². The number of fused-ring (bicyclic) bond motifs is 9. The van der Waals surface area contributed by atoms with Crippen LogP contribution in [-0.4, -0.2) is 9.13 Å². The molecule has 440 valence electrons. The lowest BCUT2D eigenvalue weighted by Gasteiger charge is -2.30. The summed E-state index contributed by atoms with van der Waals surface area (Å²) in [7, 11) is 0. The summed E-state index contributed by atoms with van der Waals surface area (Å²) in [5.74, 6) is 0. The topological polar surface area (TPSA) is 16.3 Å². The zero-order chi connectivity index (χ0) is 62.1. The molecule has 0 fully saturated rings. The Morgan fingerprint density at radius 3 is 0.872 bits per heavy atom. The van der Waals surface area contributed by atoms with Gasteiger partial charge in [-0.2, -0.15) is 0 Å². The van der Waals surface area contributed by atoms with E-state index in [2.05, 4.69) is 383 Å². The van der Waals surface area contributed by atoms with Gasteiger partial charge in [-0.05, 0) is 150 Å². The molecule has 0 aliphatic heterocycles. The highest BCUT2D eigenvalue weighted by Crippen LogP contribution is 2.52. The summed E-state index contributed by atoms with van der Waals surface area (Å²) in [6.45, 7) is 0. The van der Waals surface area contributed by atoms with Crippen LogP contribution in [0.4, 0.5) is 34.1 Å². The number of hydrogen-bond donors (Lipinski definition) is 0. The predicted octanol–water partition coefficient (Wildman–Crippen LogP) is 24.9. The molecule has 2 heterocycles. The van der Waals surface area contributed by atoms with Crippen molar-refractivity contribution in [3.63, 3.8) is 0 Å². The van der Waals surface area contributed by atoms with Crippen molar-refractivity contribution < 1.29 is 0 Å². The minimum Gasteiger partial charge on any atom is -0.310 e. The van der Waals surface area contributed by atoms with Crippen molar-refractivity contribution >= 4 is 110 Å². The molecule has 0 saturated carbocycles. The van der Waals surface area contributed by atoms with Gasteiger partial charge in [-0.25, -0.2) is 0 Å². The maximum absolute atomic E-state index is 2.51. The van der Waals surface area contributed by atoms with Crippen LogP contribution in [0.2, 0.25) is 0 Å². The van der Waals surface area contributed by atoms with Crippen LogP contribution in [-0.2, 0) is 0 Å². The number of hydrogen-bond acceptors (Lipinski definition) is 2. The Balaban J connectivity index is 0.908. The second-order valence-electron chi connectivity index (χ2n) is 24.4. The SMILES string of the molecule is c1ccc(-c2c(-c3ccccc3)n(-c3ccccc3)c3cc(N(c4ccc5ccccc5c4)c4cc5c6ccccc6c(N(c6ccc7ccccc7c6)c6ccc7c(-c8ccccc8)c(-c8ccccc8)n(-c8ccccc8)c7c6)cc5c5ccccc45)ccc23)cc1. The van der Waals surface area contributed by atoms with Crippen molar-refractivity contribution in [3.05, 3.63) is 364 Å². The molecule has 0 aliphatic carbocycles. The highest BCUT2D eigenvalue weighted by molar-refractivity contribution is 6.25. The van der Waals surface area contributed by atoms with E-state index in [0.29, 0.717) is 0 Å². The summed E-state index contributed by atoms with van der Waals surface area (Å²) in [4.78, 5) is 5.02. The monoisotopic (exact) mass is 1200 g/mol. The lowest BCUT2D eigenvalue weighted by atomic mass is 9.93. The molecule has 0 bridgehead atoms. The highest BCUT2D eigenvalue weighted by Gasteiger charge is 2.28. The minimum absolute atomic E-state index is 1.05. The zero-order valence-corrected chi connectivity index (χ0v) is 51.4. The summed E-state index contributed by atoms with van der Waals surface area (Å²) in [6.07, 6.45) is 0. The zero-order valence-electron chi connectivity index (χ0n) is 51.4. The molecule has 0 aliphatic rings. The molecule has 0 N–H and O–H groups in total. The summed E-state index contributed by atoms with van der Waals surface area (Å²) in [5.41, 5.74) is 20.2. The first-order chi connectivity index (χ1) is 46.7. The molecule has 0 atom stereocenters. The van der Waals surface area contributed by atoms with E-state index in [1.165, 1.54) is 54.6 Å². The molecule has 94 heavy (non-hydrogen) atoms. The third kappa shape index (κ3) is 9.14. The van der Waals surface area contributed by atoms with Gasteiger partial charge in [0.15, 0.2) is 0 Å². The second-order valence-corrected chi connectivity index (χ2v) is 24.4. The number of rotatable bonds is 12. The van der Waals surface area contributed by atoms with Crippen molar-refractivity contribution in [1.29, 1.82) is 0 Å². The summed E-state index contributed by atoms with van der Waals surface area (Å²) < 4.78 is 4.95. The fourth-order valence-electron chi connectivity index (χ4n) is 14.8. The van der Waals surface area contributed by atoms with E-state index in [1.54, 1.807) is 0 Å². The highest BCUT2D eigenvalue weighted by atomic mass is 15.2. The molecule has 0 amide bonds. The van der Waals surface area contributed by atoms with Crippen LogP contribution in [0, 0.1) is 0 Å². The third-order valence-corrected chi connectivity index (χ3v) is 19.0. The third-order valence-electron chi connectivity index (χ3n) is 19.0. The molecule has 0 unspecified atom stereocenters. The summed E-state index contributed by atoms with van der Waals surface area (Å²) >= 11 is 0. The van der Waals surface area contributed by atoms with E-state index >= 15 is 0 Å². The lowest BCUT2D eigenvalue weighted by Crippen LogP contribution is -2.12. The Labute approximate surface area is 545 Å². The Morgan fingerprint density at radius 1 is 0.191 bits per heavy atom. The molecule has 4 nitrogen and oxygen atoms in total. The van der Waals surface area contributed by atoms with Gasteiger partial charge in [-0.3, -0.25) is 0 Å². The fraction of sp³-hybridized carbons (Fsp3) is 0. The van der Waals surface area contributed by atoms with Gasteiger partial charge in [-0.15, -0.1) is 0 Å². The quantitative estimate of drug-likeness (QED) is 0.113. The van der Waals surface area contributed by atoms with E-state index in [-0.39, 0.29) is 0 Å². The first-order valence-corrected chi connectivity index (χ1v) is 32.3. The molecule has 2 aromatic heterocycles. The second kappa shape index (κ2) is 22.8. The molecular weight excluding hydrogens is 1140 g/mol. The molecule has 0 radical (unpaired) electrons. The Bertz CT molecular complexity index is 5530. The smallest absolute Gasteiger partial charge is 0.0619 e. The lowest BCUT2D eigenvalue weighted by molar-refractivity contribution is 1.13. The van der Waals surface area contributed by atoms with Gasteiger partial charge in [0.1, 0.15) is 0 Å². The Hall–Kier alpha value is -12.5. The van der Waals surface area contributed by atoms with Crippen LogP contribution in [0.1, 0.15) is 0 Å². The standard InChI is InChI=1S/C90H60N4/c1-7-29-63(30-8-1)87-79-53-51-73(57-83(79)93(69-39-15-5-16-40-69)89(87)65-33-11-3-12-34-65)91(71-49-47-61-27-19-21-37-67(61)55-71)85-59-81-76-44-24-26-46-78(76)86(60-82(81)75-43-23-25-45-77(75)85)92(72-50-48-62-28-20-22-38-68(62)56-72)74-52-54-80-84(58-74)94(70-41-17-6-18-42-70)90(66-35-13-4-14-36-66)88(80)64-31-9-2-10-32-64/h1-60H. The van der Waals surface area contributed by atoms with Crippen LogP contribution in [0.25, 0.3) is 132 Å². The predicted molar refractivity (Wildman–Crippen MR) is 399 cm³/mol. The Morgan fingerprint density at radius 2 is 0.489 bits per heavy atom. The molecule has 4 heteroatoms. The van der Waals surface area contributed by atoms with E-state index < -0.39 is 0 Å². The van der Waals surface area contributed by atoms with Crippen LogP contribution in [0.5, 0.6) is 0 Å². The molecule has 16 aromatic carbocycles. The minimum atomic E-state index is 1.05. The summed E-state index contributed by atoms with van der Waals surface area (Å²) in [5, 5.41) is 14.0. The van der Waals surface area contributed by atoms with Crippen molar-refractivity contribution in [1.82, 2.24) is 9.13 Å². The average molecular weight is 1200 g/mol. The van der Waals surface area contributed by atoms with Gasteiger partial charge in [0, 0.05) is 66.8 Å². The van der Waals surface area contributed by atoms with Crippen molar-refractivity contribution in [2.45, 2.75) is 0 Å². The number of nitrogens with zero attached hydrogens (tertiary/aromatic N) is 4. The molecular formula is C90H60N4. The average Bonchev–Trinajstić information content (AvgIpc) is 1.43. The first kappa shape index (κ1) is 54.4. The van der Waals surface area contributed by atoms with Gasteiger partial charge in [-0.1, -0.05) is 279 Å². The van der Waals surface area contributed by atoms with Gasteiger partial charge in [0.2, 0.25) is 0 Å². The van der Waals surface area contributed by atoms with E-state index in [4.69, 9.17) is 0 Å². The number of aromatic nitrogens is 2. The van der Waals surface area contributed by atoms with Crippen LogP contribution >= 0.6 is 0 Å². The fourth-order valence-corrected chi connectivity index (χ4v) is 14.8. The van der Waals surface area contributed by atoms with E-state index in [0.717, 1.165) is 111 Å². The van der Waals surface area contributed by atoms with Gasteiger partial charge in [0.25, 0.3) is 0 Å². The largest absolute Gasteiger partial charge is 0.310 e. The van der Waals surface area contributed by atoms with Gasteiger partial charge < -0.3 is 18.9 Å². The normalized spacial score (nSPS) is 11.6. The van der Waals surface area contributed by atoms with E-state index in [9.17, 15) is 0 Å². The van der Waals surface area contributed by atoms with Crippen LogP contribution in [0.3, 0.4) is 0 Å². The maximum atomic E-state index is 2.51. The number of para-hydroxylation sites is 2. The first-order valence-electron chi connectivity index (χ1n) is 32.3. The van der Waals surface area contributed by atoms with Gasteiger partial charge >= 0.3 is 0 Å². The Kier molecular flexibility index (Phi) is 13.2. The van der Waals surface area contributed by atoms with E-state index in [1.807, 2.05) is 0 Å². The number of anilines is 6. The molecule has 0 saturated heterocycles. The molecule has 18 aromatic rings. The van der Waals surface area contributed by atoms with Crippen LogP contribution < -0.4 is 9.80 Å².